The van der Waals surface area contributed by atoms with Gasteiger partial charge in [-0.1, -0.05) is 40.0 Å². The number of amides is 2. The maximum Gasteiger partial charge on any atom is 0.436 e. The van der Waals surface area contributed by atoms with E-state index in [0.717, 1.165) is 46.6 Å². The van der Waals surface area contributed by atoms with E-state index in [1.165, 1.54) is 6.07 Å². The van der Waals surface area contributed by atoms with Crippen LogP contribution in [0.5, 0.6) is 0 Å². The van der Waals surface area contributed by atoms with Crippen molar-refractivity contribution in [2.45, 2.75) is 43.9 Å². The largest absolute Gasteiger partial charge is 0.436 e. The summed E-state index contributed by atoms with van der Waals surface area (Å²) in [6.07, 6.45) is -2.74. The van der Waals surface area contributed by atoms with Gasteiger partial charge in [0, 0.05) is 0 Å². The van der Waals surface area contributed by atoms with Crippen LogP contribution >= 0.6 is 68.8 Å². The van der Waals surface area contributed by atoms with Crippen LogP contribution in [-0.2, 0) is 23.3 Å². The Labute approximate surface area is 235 Å². The Morgan fingerprint density at radius 1 is 1.11 bits per heavy atom. The van der Waals surface area contributed by atoms with Gasteiger partial charge in [0.05, 0.1) is 36.7 Å². The number of nitrogens with two attached hydrogens (primary N) is 1. The van der Waals surface area contributed by atoms with E-state index in [9.17, 15) is 22.8 Å². The van der Waals surface area contributed by atoms with E-state index in [4.69, 9.17) is 45.4 Å². The minimum atomic E-state index is -4.89. The van der Waals surface area contributed by atoms with Crippen molar-refractivity contribution in [1.82, 2.24) is 0 Å². The molecule has 1 atom stereocenters. The summed E-state index contributed by atoms with van der Waals surface area (Å²) in [4.78, 5) is 30.4. The number of alkyl halides is 3. The number of thiophene rings is 3. The van der Waals surface area contributed by atoms with Crippen molar-refractivity contribution in [3.05, 3.63) is 57.1 Å². The molecular weight excluding hydrogens is 614 g/mol. The van der Waals surface area contributed by atoms with Crippen LogP contribution in [0, 0.1) is 0 Å². The van der Waals surface area contributed by atoms with Gasteiger partial charge in [0.15, 0.2) is 0 Å². The van der Waals surface area contributed by atoms with Gasteiger partial charge in [0.2, 0.25) is 0 Å². The van der Waals surface area contributed by atoms with Gasteiger partial charge >= 0.3 is 6.18 Å². The Balaban J connectivity index is 1.52. The molecule has 5 rings (SSSR count). The first-order chi connectivity index (χ1) is 17.4. The van der Waals surface area contributed by atoms with E-state index in [-0.39, 0.29) is 30.5 Å². The minimum absolute atomic E-state index is 0.0604. The highest BCUT2D eigenvalue weighted by atomic mass is 35.5. The third-order valence-electron chi connectivity index (χ3n) is 6.16. The SMILES string of the molecule is NC(=O)c1ccsc1NC(=O)c1sc(C2=NOC(c3sc(Cl)c(Cl)c3Cl)(C(F)(F)F)C2)c2c1CCCC2. The Morgan fingerprint density at radius 2 is 1.81 bits per heavy atom. The number of halogens is 6. The smallest absolute Gasteiger partial charge is 0.373 e. The zero-order chi connectivity index (χ0) is 26.7. The summed E-state index contributed by atoms with van der Waals surface area (Å²) >= 11 is 20.9. The lowest BCUT2D eigenvalue weighted by Crippen LogP contribution is -2.42. The number of hydrogen-bond donors (Lipinski definition) is 2. The van der Waals surface area contributed by atoms with Crippen LogP contribution in [0.1, 0.15) is 60.2 Å². The molecule has 0 fully saturated rings. The van der Waals surface area contributed by atoms with Crippen molar-refractivity contribution < 1.29 is 27.6 Å². The van der Waals surface area contributed by atoms with E-state index >= 15 is 0 Å². The number of nitrogens with zero attached hydrogens (tertiary/aromatic N) is 1. The molecule has 37 heavy (non-hydrogen) atoms. The molecule has 0 aromatic carbocycles. The number of rotatable bonds is 5. The molecule has 6 nitrogen and oxygen atoms in total. The van der Waals surface area contributed by atoms with Crippen molar-refractivity contribution >= 4 is 91.3 Å². The molecule has 4 heterocycles. The van der Waals surface area contributed by atoms with Gasteiger partial charge in [0.25, 0.3) is 17.4 Å². The predicted molar refractivity (Wildman–Crippen MR) is 141 cm³/mol. The lowest BCUT2D eigenvalue weighted by Gasteiger charge is -2.28. The summed E-state index contributed by atoms with van der Waals surface area (Å²) in [6.45, 7) is 0. The summed E-state index contributed by atoms with van der Waals surface area (Å²) in [6, 6.07) is 1.51. The summed E-state index contributed by atoms with van der Waals surface area (Å²) in [5, 5.41) is 7.99. The van der Waals surface area contributed by atoms with E-state index in [1.807, 2.05) is 0 Å². The second-order valence-electron chi connectivity index (χ2n) is 8.37. The molecule has 2 aliphatic rings. The molecule has 3 aromatic rings. The second kappa shape index (κ2) is 9.73. The number of hydrogen-bond acceptors (Lipinski definition) is 7. The topological polar surface area (TPSA) is 93.8 Å². The van der Waals surface area contributed by atoms with E-state index in [1.54, 1.807) is 5.38 Å². The Bertz CT molecular complexity index is 1460. The maximum absolute atomic E-state index is 14.5. The van der Waals surface area contributed by atoms with Gasteiger partial charge in [-0.3, -0.25) is 9.59 Å². The highest BCUT2D eigenvalue weighted by molar-refractivity contribution is 7.18. The number of fused-ring (bicyclic) bond motifs is 1. The Kier molecular flexibility index (Phi) is 7.04. The standard InChI is InChI=1S/C22H15Cl3F3N3O3S3/c23-12-13(24)17(25)37-16(12)21(22(26,27)28)7-11(31-34-21)14-8-3-1-2-4-9(8)15(36-14)19(33)30-20-10(18(29)32)5-6-35-20/h5-6H,1-4,7H2,(H2,29,32)(H,30,33). The molecule has 1 aliphatic carbocycles. The van der Waals surface area contributed by atoms with Crippen LogP contribution in [0.3, 0.4) is 0 Å². The molecule has 3 N–H and O–H groups in total. The van der Waals surface area contributed by atoms with Crippen LogP contribution in [0.4, 0.5) is 18.2 Å². The molecule has 1 unspecified atom stereocenters. The zero-order valence-corrected chi connectivity index (χ0v) is 23.1. The van der Waals surface area contributed by atoms with Crippen molar-refractivity contribution in [3.63, 3.8) is 0 Å². The molecule has 0 spiro atoms. The number of carbonyl (C=O) groups excluding carboxylic acids is 2. The van der Waals surface area contributed by atoms with E-state index < -0.39 is 30.0 Å². The molecule has 0 saturated carbocycles. The normalized spacial score (nSPS) is 19.4. The van der Waals surface area contributed by atoms with Gasteiger partial charge < -0.3 is 15.9 Å². The fourth-order valence-electron chi connectivity index (χ4n) is 4.39. The molecule has 0 bridgehead atoms. The monoisotopic (exact) mass is 627 g/mol. The predicted octanol–water partition coefficient (Wildman–Crippen LogP) is 7.64. The number of nitrogens with one attached hydrogen (secondary N) is 1. The third kappa shape index (κ3) is 4.45. The first-order valence-electron chi connectivity index (χ1n) is 10.7. The van der Waals surface area contributed by atoms with Gasteiger partial charge in [-0.25, -0.2) is 0 Å². The second-order valence-corrected chi connectivity index (χ2v) is 12.7. The highest BCUT2D eigenvalue weighted by Crippen LogP contribution is 2.56. The number of primary amides is 1. The summed E-state index contributed by atoms with van der Waals surface area (Å²) < 4.78 is 43.3. The van der Waals surface area contributed by atoms with Crippen molar-refractivity contribution in [3.8, 4) is 0 Å². The Morgan fingerprint density at radius 3 is 2.43 bits per heavy atom. The molecule has 0 radical (unpaired) electrons. The van der Waals surface area contributed by atoms with Crippen molar-refractivity contribution in [2.24, 2.45) is 10.9 Å². The molecule has 3 aromatic heterocycles. The number of carbonyl (C=O) groups is 2. The molecule has 15 heteroatoms. The average molecular weight is 629 g/mol. The van der Waals surface area contributed by atoms with Crippen molar-refractivity contribution in [2.75, 3.05) is 5.32 Å². The molecule has 0 saturated heterocycles. The third-order valence-corrected chi connectivity index (χ3v) is 11.0. The lowest BCUT2D eigenvalue weighted by atomic mass is 9.88. The Hall–Kier alpha value is -1.83. The van der Waals surface area contributed by atoms with Gasteiger partial charge in [-0.2, -0.15) is 13.2 Å². The average Bonchev–Trinajstić information content (AvgIpc) is 3.61. The van der Waals surface area contributed by atoms with Gasteiger partial charge in [0.1, 0.15) is 15.0 Å². The van der Waals surface area contributed by atoms with Crippen LogP contribution < -0.4 is 11.1 Å². The fourth-order valence-corrected chi connectivity index (χ4v) is 8.46. The van der Waals surface area contributed by atoms with Crippen LogP contribution in [0.2, 0.25) is 14.4 Å². The zero-order valence-electron chi connectivity index (χ0n) is 18.4. The maximum atomic E-state index is 14.5. The van der Waals surface area contributed by atoms with Gasteiger partial charge in [-0.05, 0) is 48.3 Å². The summed E-state index contributed by atoms with van der Waals surface area (Å²) in [5.41, 5.74) is 4.29. The van der Waals surface area contributed by atoms with Crippen molar-refractivity contribution in [1.29, 1.82) is 0 Å². The van der Waals surface area contributed by atoms with Crippen LogP contribution in [-0.4, -0.2) is 23.7 Å². The van der Waals surface area contributed by atoms with E-state index in [2.05, 4.69) is 10.5 Å². The first kappa shape index (κ1) is 26.8. The van der Waals surface area contributed by atoms with Crippen LogP contribution in [0.25, 0.3) is 0 Å². The summed E-state index contributed by atoms with van der Waals surface area (Å²) in [5.74, 6) is -1.15. The minimum Gasteiger partial charge on any atom is -0.373 e. The molecule has 2 amide bonds. The lowest BCUT2D eigenvalue weighted by molar-refractivity contribution is -0.274. The first-order valence-corrected chi connectivity index (χ1v) is 14.4. The number of anilines is 1. The summed E-state index contributed by atoms with van der Waals surface area (Å²) in [7, 11) is 0. The fraction of sp³-hybridized carbons (Fsp3) is 0.318. The number of oxime groups is 1. The quantitative estimate of drug-likeness (QED) is 0.304. The molecular formula is C22H15Cl3F3N3O3S3. The molecule has 1 aliphatic heterocycles. The van der Waals surface area contributed by atoms with Gasteiger partial charge in [-0.15, -0.1) is 34.0 Å². The van der Waals surface area contributed by atoms with Crippen LogP contribution in [0.15, 0.2) is 16.6 Å². The highest BCUT2D eigenvalue weighted by Gasteiger charge is 2.64. The van der Waals surface area contributed by atoms with E-state index in [0.29, 0.717) is 38.9 Å². The molecule has 196 valence electrons.